The molecule has 0 amide bonds. The third kappa shape index (κ3) is 18.7. The Kier molecular flexibility index (Phi) is 19.2. The largest absolute Gasteiger partial charge is 0.466 e. The Labute approximate surface area is 183 Å². The highest BCUT2D eigenvalue weighted by Crippen LogP contribution is 2.13. The third-order valence-electron chi connectivity index (χ3n) is 4.51. The predicted molar refractivity (Wildman–Crippen MR) is 123 cm³/mol. The van der Waals surface area contributed by atoms with Crippen molar-refractivity contribution in [2.75, 3.05) is 19.0 Å². The van der Waals surface area contributed by atoms with Gasteiger partial charge in [0.05, 0.1) is 13.2 Å². The van der Waals surface area contributed by atoms with E-state index >= 15 is 0 Å². The average Bonchev–Trinajstić information content (AvgIpc) is 2.66. The fourth-order valence-corrected chi connectivity index (χ4v) is 3.58. The molecule has 1 unspecified atom stereocenters. The van der Waals surface area contributed by atoms with Crippen LogP contribution in [0.4, 0.5) is 0 Å². The van der Waals surface area contributed by atoms with Crippen LogP contribution in [0, 0.1) is 0 Å². The van der Waals surface area contributed by atoms with Crippen LogP contribution in [0.3, 0.4) is 0 Å². The van der Waals surface area contributed by atoms with Gasteiger partial charge < -0.3 is 9.47 Å². The maximum atomic E-state index is 11.7. The van der Waals surface area contributed by atoms with Gasteiger partial charge in [-0.25, -0.2) is 4.79 Å². The summed E-state index contributed by atoms with van der Waals surface area (Å²) in [6.45, 7) is 6.25. The summed E-state index contributed by atoms with van der Waals surface area (Å²) in [5.74, 6) is 0.497. The van der Waals surface area contributed by atoms with Gasteiger partial charge in [-0.1, -0.05) is 51.5 Å². The highest BCUT2D eigenvalue weighted by atomic mass is 32.1. The minimum atomic E-state index is -0.295. The van der Waals surface area contributed by atoms with Gasteiger partial charge >= 0.3 is 11.9 Å². The molecule has 0 saturated heterocycles. The molecule has 0 aromatic heterocycles. The Morgan fingerprint density at radius 3 is 1.89 bits per heavy atom. The summed E-state index contributed by atoms with van der Waals surface area (Å²) in [5, 5.41) is 0.396. The van der Waals surface area contributed by atoms with E-state index in [9.17, 15) is 9.59 Å². The van der Waals surface area contributed by atoms with Crippen molar-refractivity contribution in [3.8, 4) is 0 Å². The van der Waals surface area contributed by atoms with Gasteiger partial charge in [0, 0.05) is 17.2 Å². The molecule has 0 heterocycles. The molecule has 0 fully saturated rings. The Balaban J connectivity index is 3.27. The molecule has 1 atom stereocenters. The van der Waals surface area contributed by atoms with E-state index in [1.807, 2.05) is 0 Å². The Morgan fingerprint density at radius 1 is 0.821 bits per heavy atom. The van der Waals surface area contributed by atoms with E-state index in [2.05, 4.69) is 31.8 Å². The third-order valence-corrected chi connectivity index (χ3v) is 5.29. The maximum absolute atomic E-state index is 11.7. The second kappa shape index (κ2) is 19.7. The first-order chi connectivity index (χ1) is 13.5. The molecule has 0 aliphatic carbocycles. The normalized spacial score (nSPS) is 11.8. The molecule has 0 aliphatic rings. The number of carbonyl (C=O) groups excluding carboxylic acids is 2. The van der Waals surface area contributed by atoms with Crippen LogP contribution in [0.1, 0.15) is 90.4 Å². The monoisotopic (exact) mass is 432 g/mol. The van der Waals surface area contributed by atoms with Crippen molar-refractivity contribution in [2.24, 2.45) is 0 Å². The average molecular weight is 433 g/mol. The number of carbonyl (C=O) groups is 2. The minimum Gasteiger partial charge on any atom is -0.466 e. The second-order valence-electron chi connectivity index (χ2n) is 7.38. The standard InChI is InChI=1S/C22H40O4S2/c1-19(2)22(24)26-17-12-8-6-4-3-5-7-11-16-25-21(23)14-10-9-13-20(28)15-18-27/h20,27-28H,1,3-18H2,2H3. The van der Waals surface area contributed by atoms with Crippen molar-refractivity contribution in [3.05, 3.63) is 12.2 Å². The number of rotatable bonds is 19. The second-order valence-corrected chi connectivity index (χ2v) is 8.55. The van der Waals surface area contributed by atoms with E-state index in [4.69, 9.17) is 9.47 Å². The van der Waals surface area contributed by atoms with Crippen LogP contribution in [0.15, 0.2) is 12.2 Å². The van der Waals surface area contributed by atoms with E-state index in [-0.39, 0.29) is 11.9 Å². The molecule has 0 aromatic carbocycles. The molecular formula is C22H40O4S2. The van der Waals surface area contributed by atoms with Crippen LogP contribution < -0.4 is 0 Å². The van der Waals surface area contributed by atoms with Gasteiger partial charge in [0.1, 0.15) is 0 Å². The number of ether oxygens (including phenoxy) is 2. The van der Waals surface area contributed by atoms with Gasteiger partial charge in [-0.05, 0) is 44.8 Å². The smallest absolute Gasteiger partial charge is 0.333 e. The molecule has 28 heavy (non-hydrogen) atoms. The van der Waals surface area contributed by atoms with Crippen molar-refractivity contribution < 1.29 is 19.1 Å². The summed E-state index contributed by atoms with van der Waals surface area (Å²) in [7, 11) is 0. The van der Waals surface area contributed by atoms with Gasteiger partial charge in [-0.3, -0.25) is 4.79 Å². The zero-order valence-corrected chi connectivity index (χ0v) is 19.4. The van der Waals surface area contributed by atoms with Crippen molar-refractivity contribution in [1.29, 1.82) is 0 Å². The first-order valence-electron chi connectivity index (χ1n) is 10.7. The maximum Gasteiger partial charge on any atom is 0.333 e. The molecule has 4 nitrogen and oxygen atoms in total. The number of unbranched alkanes of at least 4 members (excludes halogenated alkanes) is 8. The summed E-state index contributed by atoms with van der Waals surface area (Å²) in [6.07, 6.45) is 13.3. The van der Waals surface area contributed by atoms with Gasteiger partial charge in [0.25, 0.3) is 0 Å². The molecule has 0 spiro atoms. The lowest BCUT2D eigenvalue weighted by atomic mass is 10.1. The van der Waals surface area contributed by atoms with Crippen LogP contribution in [-0.2, 0) is 19.1 Å². The number of thiol groups is 2. The first-order valence-corrected chi connectivity index (χ1v) is 11.9. The van der Waals surface area contributed by atoms with Gasteiger partial charge in [0.15, 0.2) is 0 Å². The number of esters is 2. The molecule has 0 N–H and O–H groups in total. The lowest BCUT2D eigenvalue weighted by molar-refractivity contribution is -0.144. The zero-order chi connectivity index (χ0) is 21.0. The van der Waals surface area contributed by atoms with E-state index in [0.29, 0.717) is 30.5 Å². The van der Waals surface area contributed by atoms with Crippen LogP contribution in [0.2, 0.25) is 0 Å². The van der Waals surface area contributed by atoms with Crippen LogP contribution in [0.5, 0.6) is 0 Å². The first kappa shape index (κ1) is 27.4. The lowest BCUT2D eigenvalue weighted by Crippen LogP contribution is -2.06. The molecule has 6 heteroatoms. The Bertz CT molecular complexity index is 427. The minimum absolute atomic E-state index is 0.0720. The summed E-state index contributed by atoms with van der Waals surface area (Å²) < 4.78 is 10.3. The molecule has 0 rings (SSSR count). The van der Waals surface area contributed by atoms with Crippen molar-refractivity contribution >= 4 is 37.2 Å². The predicted octanol–water partition coefficient (Wildman–Crippen LogP) is 5.95. The highest BCUT2D eigenvalue weighted by Gasteiger charge is 2.05. The van der Waals surface area contributed by atoms with E-state index < -0.39 is 0 Å². The molecule has 0 aromatic rings. The van der Waals surface area contributed by atoms with Crippen LogP contribution >= 0.6 is 25.3 Å². The summed E-state index contributed by atoms with van der Waals surface area (Å²) in [5.41, 5.74) is 0.456. The summed E-state index contributed by atoms with van der Waals surface area (Å²) in [4.78, 5) is 22.9. The van der Waals surface area contributed by atoms with Crippen molar-refractivity contribution in [1.82, 2.24) is 0 Å². The molecule has 0 saturated carbocycles. The quantitative estimate of drug-likeness (QED) is 0.115. The summed E-state index contributed by atoms with van der Waals surface area (Å²) >= 11 is 8.69. The molecule has 164 valence electrons. The Morgan fingerprint density at radius 2 is 1.36 bits per heavy atom. The topological polar surface area (TPSA) is 52.6 Å². The highest BCUT2D eigenvalue weighted by molar-refractivity contribution is 7.81. The number of hydrogen-bond acceptors (Lipinski definition) is 6. The lowest BCUT2D eigenvalue weighted by Gasteiger charge is -2.08. The van der Waals surface area contributed by atoms with Crippen molar-refractivity contribution in [2.45, 2.75) is 95.6 Å². The SMILES string of the molecule is C=C(C)C(=O)OCCCCCCCCCCOC(=O)CCCCC(S)CCS. The van der Waals surface area contributed by atoms with Gasteiger partial charge in [-0.2, -0.15) is 25.3 Å². The molecule has 0 radical (unpaired) electrons. The van der Waals surface area contributed by atoms with Crippen LogP contribution in [-0.4, -0.2) is 36.2 Å². The van der Waals surface area contributed by atoms with E-state index in [1.54, 1.807) is 6.92 Å². The van der Waals surface area contributed by atoms with E-state index in [1.165, 1.54) is 25.7 Å². The van der Waals surface area contributed by atoms with Gasteiger partial charge in [0.2, 0.25) is 0 Å². The van der Waals surface area contributed by atoms with E-state index in [0.717, 1.165) is 57.1 Å². The molecular weight excluding hydrogens is 392 g/mol. The van der Waals surface area contributed by atoms with Crippen molar-refractivity contribution in [3.63, 3.8) is 0 Å². The fraction of sp³-hybridized carbons (Fsp3) is 0.818. The summed E-state index contributed by atoms with van der Waals surface area (Å²) in [6, 6.07) is 0. The zero-order valence-electron chi connectivity index (χ0n) is 17.6. The van der Waals surface area contributed by atoms with Gasteiger partial charge in [-0.15, -0.1) is 0 Å². The fourth-order valence-electron chi connectivity index (χ4n) is 2.75. The molecule has 0 aliphatic heterocycles. The molecule has 0 bridgehead atoms. The Hall–Kier alpha value is -0.620. The number of hydrogen-bond donors (Lipinski definition) is 2. The van der Waals surface area contributed by atoms with Crippen LogP contribution in [0.25, 0.3) is 0 Å².